The molecule has 25 saturated carbocycles. The summed E-state index contributed by atoms with van der Waals surface area (Å²) in [5.41, 5.74) is 1.95. The van der Waals surface area contributed by atoms with E-state index in [0.717, 1.165) is 201 Å². The first-order valence-corrected chi connectivity index (χ1v) is 46.5. The van der Waals surface area contributed by atoms with Crippen LogP contribution in [0.5, 0.6) is 0 Å². The summed E-state index contributed by atoms with van der Waals surface area (Å²) >= 11 is 0. The van der Waals surface area contributed by atoms with Gasteiger partial charge in [0, 0.05) is 0 Å². The monoisotopic (exact) mass is 1330 g/mol. The summed E-state index contributed by atoms with van der Waals surface area (Å²) < 4.78 is 0. The normalized spacial score (nSPS) is 69.3. The molecule has 0 heteroatoms. The molecule has 0 nitrogen and oxygen atoms in total. The van der Waals surface area contributed by atoms with Gasteiger partial charge >= 0.3 is 0 Å². The molecule has 0 heterocycles. The minimum atomic E-state index is 0.568. The fourth-order valence-electron chi connectivity index (χ4n) is 45.7. The largest absolute Gasteiger partial charge is 0.0848 e. The van der Waals surface area contributed by atoms with Gasteiger partial charge in [-0.15, -0.1) is 0 Å². The van der Waals surface area contributed by atoms with Crippen LogP contribution in [-0.2, 0) is 0 Å². The molecule has 54 atom stereocenters. The second-order valence-electron chi connectivity index (χ2n) is 48.2. The van der Waals surface area contributed by atoms with Gasteiger partial charge < -0.3 is 0 Å². The Labute approximate surface area is 603 Å². The van der Waals surface area contributed by atoms with E-state index in [0.29, 0.717) is 16.2 Å². The lowest BCUT2D eigenvalue weighted by Crippen LogP contribution is -2.49. The summed E-state index contributed by atoms with van der Waals surface area (Å²) in [6.07, 6.45) is 64.4. The van der Waals surface area contributed by atoms with Crippen LogP contribution in [0.15, 0.2) is 60.8 Å². The third-order valence-corrected chi connectivity index (χ3v) is 45.4. The Morgan fingerprint density at radius 1 is 0.293 bits per heavy atom. The number of hydrogen-bond donors (Lipinski definition) is 0. The molecule has 30 rings (SSSR count). The van der Waals surface area contributed by atoms with Crippen LogP contribution in [0.1, 0.15) is 216 Å². The Kier molecular flexibility index (Phi) is 12.3. The van der Waals surface area contributed by atoms with Crippen molar-refractivity contribution >= 4 is 0 Å². The van der Waals surface area contributed by atoms with Crippen molar-refractivity contribution in [3.8, 4) is 0 Å². The highest BCUT2D eigenvalue weighted by Gasteiger charge is 2.81. The van der Waals surface area contributed by atoms with E-state index >= 15 is 0 Å². The van der Waals surface area contributed by atoms with Crippen LogP contribution >= 0.6 is 0 Å². The summed E-state index contributed by atoms with van der Waals surface area (Å²) in [4.78, 5) is 0. The average Bonchev–Trinajstić information content (AvgIpc) is 1.49. The van der Waals surface area contributed by atoms with Crippen molar-refractivity contribution in [3.63, 3.8) is 0 Å². The van der Waals surface area contributed by atoms with E-state index in [1.165, 1.54) is 138 Å². The van der Waals surface area contributed by atoms with Gasteiger partial charge in [-0.3, -0.25) is 0 Å². The number of rotatable bonds is 5. The van der Waals surface area contributed by atoms with E-state index in [1.54, 1.807) is 128 Å². The van der Waals surface area contributed by atoms with Crippen LogP contribution in [0.3, 0.4) is 0 Å². The zero-order chi connectivity index (χ0) is 65.1. The molecule has 0 aliphatic heterocycles. The predicted molar refractivity (Wildman–Crippen MR) is 400 cm³/mol. The predicted octanol–water partition coefficient (Wildman–Crippen LogP) is 23.3. The number of fused-ring (bicyclic) bond motifs is 80. The molecule has 0 radical (unpaired) electrons. The summed E-state index contributed by atoms with van der Waals surface area (Å²) in [6.45, 7) is 22.9. The number of allylic oxidation sites excluding steroid dienone is 10. The van der Waals surface area contributed by atoms with E-state index in [2.05, 4.69) is 123 Å². The molecule has 25 fully saturated rings. The number of hydrogen-bond acceptors (Lipinski definition) is 0. The Hall–Kier alpha value is -1.30. The molecule has 0 spiro atoms. The Morgan fingerprint density at radius 3 is 1.16 bits per heavy atom. The van der Waals surface area contributed by atoms with E-state index < -0.39 is 0 Å². The molecule has 0 aromatic heterocycles. The minimum absolute atomic E-state index is 0.568. The molecule has 0 saturated heterocycles. The van der Waals surface area contributed by atoms with Crippen LogP contribution in [-0.4, -0.2) is 0 Å². The molecule has 30 aliphatic carbocycles. The van der Waals surface area contributed by atoms with Gasteiger partial charge in [-0.25, -0.2) is 0 Å². The second-order valence-corrected chi connectivity index (χ2v) is 48.2. The molecule has 99 heavy (non-hydrogen) atoms. The van der Waals surface area contributed by atoms with Crippen LogP contribution in [0, 0.1) is 330 Å². The lowest BCUT2D eigenvalue weighted by atomic mass is 9.50. The molecular formula is C99H138. The van der Waals surface area contributed by atoms with Gasteiger partial charge in [-0.05, 0) is 478 Å². The highest BCUT2D eigenvalue weighted by molar-refractivity contribution is 5.34. The first kappa shape index (κ1) is 60.7. The molecule has 30 aliphatic rings. The standard InChI is InChI=1S/C24H36.C21H30.C19H26.C18H24.C17H22/c1-13(2)8-15-10-23(4)11-16(15)21-20(23)17-12-24(21,5)18-14-6-7-22(3,9-14)19(17)18;1-10(2)5-13-7-14-8-15(13)21-17-9-16(20(14)21)18-11-3-4-12(6-11)19(17)18;1-2-9-5-12-7-13(9)19-15-8-14(18(12)19)16-10-3-4-11(6-10)17(15)16;1-8-4-11-6-12(8)18-14-7-13(17(11)18)15-9-2-3-10(5-9)16(14)15;1-2-9-5-8(1)14-12-7-13(15(9)14)17-11-4-3-10(6-11)16(12)17/h6-7,13-21H,8-12H2,1-5H3;3-4,10-21H,5-9H2,1-2H3;3-4,9-19H,2,5-8H2,1H3;2-3,8-18H,4-7H2,1H3;1-2,8-17H,3-7H2. The van der Waals surface area contributed by atoms with Crippen LogP contribution in [0.2, 0.25) is 0 Å². The smallest absolute Gasteiger partial charge is 0.0107 e. The SMILES string of the molecule is C1=CC2CC1C1C3CC(C21)C1C2CCC(C2)C31.CC(C)CC1CC2(C)CC1C1C2C2CC1(C)C1C3C=CC(C)(C3)C21.CC(C)CC1CC2CC1C1C3CC(C4C5C=CC(C5)C34)C21.CC1CC2CC1C1C3CC(C4C5C=CC(C5)C34)C21.CCC1CC2CC1C1C3CC(C4C5C=CC(C5)C34)C21. The Balaban J connectivity index is 0.0000000722. The lowest BCUT2D eigenvalue weighted by Gasteiger charge is -2.54. The summed E-state index contributed by atoms with van der Waals surface area (Å²) in [7, 11) is 0. The van der Waals surface area contributed by atoms with Crippen molar-refractivity contribution in [2.45, 2.75) is 216 Å². The summed E-state index contributed by atoms with van der Waals surface area (Å²) in [5, 5.41) is 0. The highest BCUT2D eigenvalue weighted by atomic mass is 14.8. The summed E-state index contributed by atoms with van der Waals surface area (Å²) in [5.74, 6) is 59.2. The van der Waals surface area contributed by atoms with Gasteiger partial charge in [0.25, 0.3) is 0 Å². The Morgan fingerprint density at radius 2 is 0.697 bits per heavy atom. The molecule has 534 valence electrons. The Bertz CT molecular complexity index is 3470. The van der Waals surface area contributed by atoms with Gasteiger partial charge in [0.1, 0.15) is 0 Å². The van der Waals surface area contributed by atoms with Gasteiger partial charge in [-0.1, -0.05) is 129 Å². The fraction of sp³-hybridized carbons (Fsp3) is 0.899. The van der Waals surface area contributed by atoms with Gasteiger partial charge in [0.2, 0.25) is 0 Å². The van der Waals surface area contributed by atoms with E-state index in [9.17, 15) is 0 Å². The third kappa shape index (κ3) is 7.34. The van der Waals surface area contributed by atoms with Gasteiger partial charge in [0.05, 0.1) is 0 Å². The fourth-order valence-corrected chi connectivity index (χ4v) is 45.7. The average molecular weight is 1330 g/mol. The van der Waals surface area contributed by atoms with Crippen molar-refractivity contribution in [2.24, 2.45) is 330 Å². The topological polar surface area (TPSA) is 0 Å². The van der Waals surface area contributed by atoms with E-state index in [1.807, 2.05) is 0 Å². The molecular weight excluding hydrogens is 1190 g/mol. The molecule has 0 aromatic carbocycles. The van der Waals surface area contributed by atoms with Crippen LogP contribution < -0.4 is 0 Å². The third-order valence-electron chi connectivity index (χ3n) is 45.4. The lowest BCUT2D eigenvalue weighted by molar-refractivity contribution is -0.0545. The van der Waals surface area contributed by atoms with Crippen molar-refractivity contribution < 1.29 is 0 Å². The second kappa shape index (κ2) is 20.1. The van der Waals surface area contributed by atoms with E-state index in [4.69, 9.17) is 0 Å². The van der Waals surface area contributed by atoms with Gasteiger partial charge in [0.15, 0.2) is 0 Å². The quantitative estimate of drug-likeness (QED) is 0.190. The zero-order valence-corrected chi connectivity index (χ0v) is 63.8. The molecule has 0 aromatic rings. The van der Waals surface area contributed by atoms with Crippen molar-refractivity contribution in [1.29, 1.82) is 0 Å². The van der Waals surface area contributed by atoms with Crippen LogP contribution in [0.4, 0.5) is 0 Å². The van der Waals surface area contributed by atoms with Gasteiger partial charge in [-0.2, -0.15) is 0 Å². The van der Waals surface area contributed by atoms with Crippen molar-refractivity contribution in [1.82, 2.24) is 0 Å². The van der Waals surface area contributed by atoms with Crippen LogP contribution in [0.25, 0.3) is 0 Å². The molecule has 30 bridgehead atoms. The maximum atomic E-state index is 2.77. The molecule has 0 N–H and O–H groups in total. The minimum Gasteiger partial charge on any atom is -0.0848 e. The zero-order valence-electron chi connectivity index (χ0n) is 63.8. The molecule has 54 unspecified atom stereocenters. The maximum Gasteiger partial charge on any atom is -0.0107 e. The summed E-state index contributed by atoms with van der Waals surface area (Å²) in [6, 6.07) is 0. The maximum absolute atomic E-state index is 2.77. The molecule has 0 amide bonds. The van der Waals surface area contributed by atoms with Crippen molar-refractivity contribution in [2.75, 3.05) is 0 Å². The first-order valence-electron chi connectivity index (χ1n) is 46.5. The van der Waals surface area contributed by atoms with E-state index in [-0.39, 0.29) is 0 Å². The highest BCUT2D eigenvalue weighted by Crippen LogP contribution is 2.87. The first-order chi connectivity index (χ1) is 48.1. The van der Waals surface area contributed by atoms with Crippen molar-refractivity contribution in [3.05, 3.63) is 60.8 Å².